The van der Waals surface area contributed by atoms with Gasteiger partial charge in [0.25, 0.3) is 0 Å². The third kappa shape index (κ3) is 3.71. The third-order valence-electron chi connectivity index (χ3n) is 2.19. The Morgan fingerprint density at radius 1 is 1.18 bits per heavy atom. The van der Waals surface area contributed by atoms with Crippen LogP contribution in [-0.2, 0) is 11.2 Å². The van der Waals surface area contributed by atoms with Crippen molar-refractivity contribution in [2.75, 3.05) is 13.2 Å². The average molecular weight is 262 g/mol. The van der Waals surface area contributed by atoms with Gasteiger partial charge in [0, 0.05) is 27.7 Å². The van der Waals surface area contributed by atoms with Crippen molar-refractivity contribution in [2.45, 2.75) is 13.3 Å². The molecule has 0 amide bonds. The fraction of sp³-hybridized carbons (Fsp3) is 0.286. The van der Waals surface area contributed by atoms with Crippen LogP contribution in [0.3, 0.4) is 0 Å². The Labute approximate surface area is 110 Å². The van der Waals surface area contributed by atoms with Crippen LogP contribution >= 0.6 is 22.7 Å². The maximum absolute atomic E-state index is 5.17. The number of hydrogen-bond acceptors (Lipinski definition) is 3. The van der Waals surface area contributed by atoms with Crippen molar-refractivity contribution in [1.29, 1.82) is 0 Å². The molecule has 0 saturated heterocycles. The fourth-order valence-electron chi connectivity index (χ4n) is 1.38. The van der Waals surface area contributed by atoms with Crippen LogP contribution in [0.5, 0.6) is 0 Å². The highest BCUT2D eigenvalue weighted by Crippen LogP contribution is 2.31. The van der Waals surface area contributed by atoms with Crippen LogP contribution in [0.25, 0.3) is 9.75 Å². The first kappa shape index (κ1) is 12.4. The summed E-state index contributed by atoms with van der Waals surface area (Å²) in [5.74, 6) is 6.15. The molecule has 0 spiro atoms. The minimum absolute atomic E-state index is 0.541. The normalized spacial score (nSPS) is 9.94. The van der Waals surface area contributed by atoms with Gasteiger partial charge in [-0.2, -0.15) is 0 Å². The molecule has 0 aliphatic heterocycles. The summed E-state index contributed by atoms with van der Waals surface area (Å²) >= 11 is 3.60. The van der Waals surface area contributed by atoms with Gasteiger partial charge in [0.15, 0.2) is 0 Å². The summed E-state index contributed by atoms with van der Waals surface area (Å²) in [4.78, 5) is 3.99. The second-order valence-corrected chi connectivity index (χ2v) is 5.53. The molecule has 0 N–H and O–H groups in total. The fourth-order valence-corrected chi connectivity index (χ4v) is 3.16. The molecular formula is C14H14OS2. The summed E-state index contributed by atoms with van der Waals surface area (Å²) < 4.78 is 5.17. The second-order valence-electron chi connectivity index (χ2n) is 3.41. The van der Waals surface area contributed by atoms with E-state index in [0.29, 0.717) is 6.61 Å². The topological polar surface area (TPSA) is 9.23 Å². The number of rotatable bonds is 4. The van der Waals surface area contributed by atoms with Crippen LogP contribution in [0.4, 0.5) is 0 Å². The van der Waals surface area contributed by atoms with E-state index in [4.69, 9.17) is 4.74 Å². The van der Waals surface area contributed by atoms with E-state index in [1.807, 2.05) is 18.3 Å². The average Bonchev–Trinajstić information content (AvgIpc) is 2.99. The van der Waals surface area contributed by atoms with E-state index in [1.165, 1.54) is 14.6 Å². The van der Waals surface area contributed by atoms with Crippen molar-refractivity contribution in [1.82, 2.24) is 0 Å². The number of thiophene rings is 2. The molecule has 0 atom stereocenters. The lowest BCUT2D eigenvalue weighted by molar-refractivity contribution is 0.182. The largest absolute Gasteiger partial charge is 0.369 e. The highest BCUT2D eigenvalue weighted by atomic mass is 32.1. The predicted molar refractivity (Wildman–Crippen MR) is 75.6 cm³/mol. The zero-order chi connectivity index (χ0) is 11.9. The van der Waals surface area contributed by atoms with E-state index < -0.39 is 0 Å². The zero-order valence-electron chi connectivity index (χ0n) is 9.73. The third-order valence-corrected chi connectivity index (χ3v) is 4.34. The van der Waals surface area contributed by atoms with E-state index in [-0.39, 0.29) is 0 Å². The van der Waals surface area contributed by atoms with Gasteiger partial charge in [-0.1, -0.05) is 17.9 Å². The molecule has 0 unspecified atom stereocenters. The van der Waals surface area contributed by atoms with Crippen molar-refractivity contribution in [3.63, 3.8) is 0 Å². The Hall–Kier alpha value is -1.08. The SMILES string of the molecule is CCOCC#CCc1ccc(-c2cccs2)s1. The standard InChI is InChI=1S/C14H14OS2/c1-2-15-10-4-3-6-12-8-9-14(17-12)13-7-5-11-16-13/h5,7-9,11H,2,6,10H2,1H3. The lowest BCUT2D eigenvalue weighted by Crippen LogP contribution is -1.88. The number of hydrogen-bond donors (Lipinski definition) is 0. The van der Waals surface area contributed by atoms with Gasteiger partial charge in [-0.3, -0.25) is 0 Å². The maximum atomic E-state index is 5.17. The summed E-state index contributed by atoms with van der Waals surface area (Å²) in [6.45, 7) is 3.25. The first-order valence-corrected chi connectivity index (χ1v) is 7.26. The first-order valence-electron chi connectivity index (χ1n) is 5.56. The summed E-state index contributed by atoms with van der Waals surface area (Å²) in [5, 5.41) is 2.11. The predicted octanol–water partition coefficient (Wildman–Crippen LogP) is 4.06. The van der Waals surface area contributed by atoms with Crippen molar-refractivity contribution in [3.05, 3.63) is 34.5 Å². The summed E-state index contributed by atoms with van der Waals surface area (Å²) in [6, 6.07) is 8.58. The van der Waals surface area contributed by atoms with Crippen molar-refractivity contribution in [2.24, 2.45) is 0 Å². The second kappa shape index (κ2) is 6.61. The van der Waals surface area contributed by atoms with Crippen LogP contribution in [0.2, 0.25) is 0 Å². The lowest BCUT2D eigenvalue weighted by Gasteiger charge is -1.90. The summed E-state index contributed by atoms with van der Waals surface area (Å²) in [7, 11) is 0. The molecule has 88 valence electrons. The number of ether oxygens (including phenoxy) is 1. The molecule has 2 aromatic heterocycles. The smallest absolute Gasteiger partial charge is 0.107 e. The first-order chi connectivity index (χ1) is 8.40. The van der Waals surface area contributed by atoms with Crippen LogP contribution in [0.1, 0.15) is 11.8 Å². The molecule has 2 rings (SSSR count). The highest BCUT2D eigenvalue weighted by molar-refractivity contribution is 7.21. The van der Waals surface area contributed by atoms with Crippen molar-refractivity contribution < 1.29 is 4.74 Å². The Kier molecular flexibility index (Phi) is 4.81. The summed E-state index contributed by atoms with van der Waals surface area (Å²) in [6.07, 6.45) is 0.823. The molecule has 3 heteroatoms. The monoisotopic (exact) mass is 262 g/mol. The Bertz CT molecular complexity index is 500. The molecule has 2 aromatic rings. The van der Waals surface area contributed by atoms with Gasteiger partial charge >= 0.3 is 0 Å². The minimum Gasteiger partial charge on any atom is -0.369 e. The molecule has 0 bridgehead atoms. The van der Waals surface area contributed by atoms with E-state index in [9.17, 15) is 0 Å². The Morgan fingerprint density at radius 2 is 2.12 bits per heavy atom. The summed E-state index contributed by atoms with van der Waals surface area (Å²) in [5.41, 5.74) is 0. The molecule has 17 heavy (non-hydrogen) atoms. The van der Waals surface area contributed by atoms with Gasteiger partial charge in [-0.15, -0.1) is 22.7 Å². The van der Waals surface area contributed by atoms with Gasteiger partial charge in [-0.25, -0.2) is 0 Å². The Morgan fingerprint density at radius 3 is 2.88 bits per heavy atom. The van der Waals surface area contributed by atoms with E-state index in [1.54, 1.807) is 11.3 Å². The van der Waals surface area contributed by atoms with Gasteiger partial charge < -0.3 is 4.74 Å². The molecular weight excluding hydrogens is 248 g/mol. The molecule has 0 fully saturated rings. The molecule has 0 radical (unpaired) electrons. The van der Waals surface area contributed by atoms with Crippen LogP contribution in [0.15, 0.2) is 29.6 Å². The maximum Gasteiger partial charge on any atom is 0.107 e. The van der Waals surface area contributed by atoms with E-state index in [2.05, 4.69) is 41.5 Å². The van der Waals surface area contributed by atoms with Crippen LogP contribution in [-0.4, -0.2) is 13.2 Å². The Balaban J connectivity index is 1.92. The van der Waals surface area contributed by atoms with Crippen molar-refractivity contribution >= 4 is 22.7 Å². The zero-order valence-corrected chi connectivity index (χ0v) is 11.4. The van der Waals surface area contributed by atoms with Gasteiger partial charge in [-0.05, 0) is 30.5 Å². The van der Waals surface area contributed by atoms with Crippen LogP contribution in [0, 0.1) is 11.8 Å². The van der Waals surface area contributed by atoms with E-state index >= 15 is 0 Å². The lowest BCUT2D eigenvalue weighted by atomic mass is 10.3. The highest BCUT2D eigenvalue weighted by Gasteiger charge is 2.02. The molecule has 0 aromatic carbocycles. The van der Waals surface area contributed by atoms with E-state index in [0.717, 1.165) is 13.0 Å². The molecule has 0 saturated carbocycles. The molecule has 0 aliphatic rings. The molecule has 1 nitrogen and oxygen atoms in total. The molecule has 0 aliphatic carbocycles. The van der Waals surface area contributed by atoms with Crippen LogP contribution < -0.4 is 0 Å². The van der Waals surface area contributed by atoms with Crippen molar-refractivity contribution in [3.8, 4) is 21.6 Å². The van der Waals surface area contributed by atoms with Gasteiger partial charge in [0.2, 0.25) is 0 Å². The van der Waals surface area contributed by atoms with Gasteiger partial charge in [0.1, 0.15) is 6.61 Å². The minimum atomic E-state index is 0.541. The van der Waals surface area contributed by atoms with Gasteiger partial charge in [0.05, 0.1) is 0 Å². The quantitative estimate of drug-likeness (QED) is 0.596. The molecule has 2 heterocycles.